The van der Waals surface area contributed by atoms with Crippen LogP contribution < -0.4 is 5.63 Å². The Labute approximate surface area is 147 Å². The average molecular weight is 350 g/mol. The van der Waals surface area contributed by atoms with Gasteiger partial charge < -0.3 is 9.52 Å². The van der Waals surface area contributed by atoms with Crippen molar-refractivity contribution in [1.29, 1.82) is 0 Å². The highest BCUT2D eigenvalue weighted by Crippen LogP contribution is 2.37. The van der Waals surface area contributed by atoms with Gasteiger partial charge in [-0.25, -0.2) is 4.79 Å². The van der Waals surface area contributed by atoms with Crippen molar-refractivity contribution in [3.63, 3.8) is 0 Å². The second-order valence-corrected chi connectivity index (χ2v) is 7.14. The molecule has 0 aliphatic carbocycles. The highest BCUT2D eigenvalue weighted by Gasteiger charge is 2.25. The van der Waals surface area contributed by atoms with Crippen LogP contribution in [0.3, 0.4) is 0 Å². The van der Waals surface area contributed by atoms with E-state index < -0.39 is 0 Å². The van der Waals surface area contributed by atoms with Crippen LogP contribution in [0.2, 0.25) is 5.02 Å². The molecule has 1 atom stereocenters. The molecule has 2 heterocycles. The Morgan fingerprint density at radius 3 is 2.79 bits per heavy atom. The summed E-state index contributed by atoms with van der Waals surface area (Å²) in [6.45, 7) is 7.36. The Bertz CT molecular complexity index is 828. The largest absolute Gasteiger partial charge is 0.506 e. The van der Waals surface area contributed by atoms with Crippen molar-refractivity contribution in [2.24, 2.45) is 0 Å². The topological polar surface area (TPSA) is 53.7 Å². The van der Waals surface area contributed by atoms with Crippen molar-refractivity contribution in [3.05, 3.63) is 38.2 Å². The zero-order chi connectivity index (χ0) is 17.4. The van der Waals surface area contributed by atoms with Gasteiger partial charge in [0.15, 0.2) is 0 Å². The fourth-order valence-electron chi connectivity index (χ4n) is 3.67. The van der Waals surface area contributed by atoms with Gasteiger partial charge in [-0.1, -0.05) is 24.9 Å². The molecular formula is C19H24ClNO3. The number of phenolic OH excluding ortho intramolecular Hbond substituents is 1. The Kier molecular flexibility index (Phi) is 4.88. The number of halogens is 1. The predicted molar refractivity (Wildman–Crippen MR) is 97.0 cm³/mol. The number of aryl methyl sites for hydroxylation is 1. The maximum Gasteiger partial charge on any atom is 0.339 e. The second-order valence-electron chi connectivity index (χ2n) is 6.73. The van der Waals surface area contributed by atoms with E-state index in [1.807, 2.05) is 6.92 Å². The van der Waals surface area contributed by atoms with Gasteiger partial charge in [0.2, 0.25) is 0 Å². The molecule has 1 fully saturated rings. The fraction of sp³-hybridized carbons (Fsp3) is 0.526. The van der Waals surface area contributed by atoms with Gasteiger partial charge in [0.1, 0.15) is 11.3 Å². The first-order valence-corrected chi connectivity index (χ1v) is 9.00. The third kappa shape index (κ3) is 2.93. The highest BCUT2D eigenvalue weighted by molar-refractivity contribution is 6.33. The van der Waals surface area contributed by atoms with E-state index >= 15 is 0 Å². The van der Waals surface area contributed by atoms with Gasteiger partial charge in [-0.15, -0.1) is 0 Å². The number of likely N-dealkylation sites (tertiary alicyclic amines) is 1. The summed E-state index contributed by atoms with van der Waals surface area (Å²) in [5.41, 5.74) is 2.17. The summed E-state index contributed by atoms with van der Waals surface area (Å²) in [4.78, 5) is 14.5. The molecule has 5 heteroatoms. The standard InChI is InChI=1S/C19H24ClNO3/c1-4-13-7-5-6-8-21(13)10-15-17(22)16(20)9-14-11(2)12(3)19(23)24-18(14)15/h9,13,22H,4-8,10H2,1-3H3/t13-/m1/s1. The summed E-state index contributed by atoms with van der Waals surface area (Å²) in [5.74, 6) is 0.0241. The maximum atomic E-state index is 12.1. The Morgan fingerprint density at radius 2 is 2.08 bits per heavy atom. The summed E-state index contributed by atoms with van der Waals surface area (Å²) in [7, 11) is 0. The highest BCUT2D eigenvalue weighted by atomic mass is 35.5. The first-order valence-electron chi connectivity index (χ1n) is 8.62. The van der Waals surface area contributed by atoms with Crippen LogP contribution in [0.15, 0.2) is 15.3 Å². The number of rotatable bonds is 3. The van der Waals surface area contributed by atoms with Gasteiger partial charge in [-0.05, 0) is 51.3 Å². The molecular weight excluding hydrogens is 326 g/mol. The number of hydrogen-bond acceptors (Lipinski definition) is 4. The molecule has 1 aromatic carbocycles. The summed E-state index contributed by atoms with van der Waals surface area (Å²) in [6.07, 6.45) is 4.63. The predicted octanol–water partition coefficient (Wildman–Crippen LogP) is 4.53. The summed E-state index contributed by atoms with van der Waals surface area (Å²) < 4.78 is 5.55. The van der Waals surface area contributed by atoms with E-state index in [9.17, 15) is 9.90 Å². The van der Waals surface area contributed by atoms with Crippen molar-refractivity contribution in [2.45, 2.75) is 59.0 Å². The van der Waals surface area contributed by atoms with E-state index in [1.165, 1.54) is 6.42 Å². The van der Waals surface area contributed by atoms with Crippen LogP contribution in [0.1, 0.15) is 49.3 Å². The Hall–Kier alpha value is -1.52. The molecule has 24 heavy (non-hydrogen) atoms. The van der Waals surface area contributed by atoms with Gasteiger partial charge in [0.05, 0.1) is 10.6 Å². The van der Waals surface area contributed by atoms with E-state index in [2.05, 4.69) is 11.8 Å². The normalized spacial score (nSPS) is 19.1. The smallest absolute Gasteiger partial charge is 0.339 e. The minimum atomic E-state index is -0.353. The molecule has 1 aromatic heterocycles. The Morgan fingerprint density at radius 1 is 1.33 bits per heavy atom. The second kappa shape index (κ2) is 6.77. The van der Waals surface area contributed by atoms with E-state index in [-0.39, 0.29) is 11.4 Å². The number of aromatic hydroxyl groups is 1. The van der Waals surface area contributed by atoms with E-state index in [0.29, 0.717) is 34.3 Å². The van der Waals surface area contributed by atoms with E-state index in [4.69, 9.17) is 16.0 Å². The third-order valence-corrected chi connectivity index (χ3v) is 5.64. The monoisotopic (exact) mass is 349 g/mol. The number of hydrogen-bond donors (Lipinski definition) is 1. The van der Waals surface area contributed by atoms with Gasteiger partial charge in [-0.2, -0.15) is 0 Å². The number of fused-ring (bicyclic) bond motifs is 1. The number of nitrogens with zero attached hydrogens (tertiary/aromatic N) is 1. The molecule has 2 aromatic rings. The molecule has 4 nitrogen and oxygen atoms in total. The van der Waals surface area contributed by atoms with Gasteiger partial charge in [0, 0.05) is 23.5 Å². The molecule has 0 spiro atoms. The lowest BCUT2D eigenvalue weighted by atomic mass is 9.98. The quantitative estimate of drug-likeness (QED) is 0.827. The summed E-state index contributed by atoms with van der Waals surface area (Å²) in [5, 5.41) is 11.6. The third-order valence-electron chi connectivity index (χ3n) is 5.35. The van der Waals surface area contributed by atoms with Crippen molar-refractivity contribution < 1.29 is 9.52 Å². The van der Waals surface area contributed by atoms with Crippen LogP contribution in [-0.4, -0.2) is 22.6 Å². The van der Waals surface area contributed by atoms with Crippen molar-refractivity contribution in [2.75, 3.05) is 6.54 Å². The molecule has 1 saturated heterocycles. The van der Waals surface area contributed by atoms with E-state index in [1.54, 1.807) is 13.0 Å². The first-order chi connectivity index (χ1) is 11.4. The maximum absolute atomic E-state index is 12.1. The minimum absolute atomic E-state index is 0.0241. The van der Waals surface area contributed by atoms with E-state index in [0.717, 1.165) is 36.8 Å². The molecule has 0 bridgehead atoms. The Balaban J connectivity index is 2.15. The van der Waals surface area contributed by atoms with Crippen LogP contribution in [0, 0.1) is 13.8 Å². The van der Waals surface area contributed by atoms with Crippen molar-refractivity contribution in [3.8, 4) is 5.75 Å². The molecule has 1 aliphatic rings. The van der Waals surface area contributed by atoms with Crippen LogP contribution in [-0.2, 0) is 6.54 Å². The lowest BCUT2D eigenvalue weighted by Gasteiger charge is -2.35. The molecule has 0 unspecified atom stereocenters. The summed E-state index contributed by atoms with van der Waals surface area (Å²) in [6, 6.07) is 2.18. The number of benzene rings is 1. The minimum Gasteiger partial charge on any atom is -0.506 e. The first kappa shape index (κ1) is 17.3. The molecule has 0 radical (unpaired) electrons. The molecule has 0 saturated carbocycles. The molecule has 3 rings (SSSR count). The lowest BCUT2D eigenvalue weighted by molar-refractivity contribution is 0.135. The molecule has 130 valence electrons. The molecule has 0 amide bonds. The molecule has 1 N–H and O–H groups in total. The summed E-state index contributed by atoms with van der Waals surface area (Å²) >= 11 is 6.26. The lowest BCUT2D eigenvalue weighted by Crippen LogP contribution is -2.38. The number of phenols is 1. The fourth-order valence-corrected chi connectivity index (χ4v) is 3.90. The van der Waals surface area contributed by atoms with Crippen LogP contribution in [0.25, 0.3) is 11.0 Å². The zero-order valence-corrected chi connectivity index (χ0v) is 15.2. The zero-order valence-electron chi connectivity index (χ0n) is 14.5. The van der Waals surface area contributed by atoms with Gasteiger partial charge in [-0.3, -0.25) is 4.90 Å². The van der Waals surface area contributed by atoms with Crippen LogP contribution in [0.5, 0.6) is 5.75 Å². The van der Waals surface area contributed by atoms with Gasteiger partial charge in [0.25, 0.3) is 0 Å². The van der Waals surface area contributed by atoms with Crippen molar-refractivity contribution >= 4 is 22.6 Å². The van der Waals surface area contributed by atoms with Crippen LogP contribution >= 0.6 is 11.6 Å². The van der Waals surface area contributed by atoms with Gasteiger partial charge >= 0.3 is 5.63 Å². The van der Waals surface area contributed by atoms with Crippen LogP contribution in [0.4, 0.5) is 0 Å². The number of piperidine rings is 1. The molecule has 1 aliphatic heterocycles. The SMILES string of the molecule is CC[C@@H]1CCCCN1Cc1c(O)c(Cl)cc2c(C)c(C)c(=O)oc12. The van der Waals surface area contributed by atoms with Crippen molar-refractivity contribution in [1.82, 2.24) is 4.90 Å². The average Bonchev–Trinajstić information content (AvgIpc) is 2.58.